The number of para-hydroxylation sites is 2. The van der Waals surface area contributed by atoms with Gasteiger partial charge in [0.05, 0.1) is 6.42 Å². The third kappa shape index (κ3) is 8.75. The van der Waals surface area contributed by atoms with Crippen LogP contribution < -0.4 is 20.1 Å². The van der Waals surface area contributed by atoms with Crippen molar-refractivity contribution in [1.82, 2.24) is 0 Å². The maximum absolute atomic E-state index is 12.2. The van der Waals surface area contributed by atoms with Crippen molar-refractivity contribution in [1.29, 1.82) is 0 Å². The number of anilines is 2. The molecule has 0 radical (unpaired) electrons. The average molecular weight is 525 g/mol. The van der Waals surface area contributed by atoms with E-state index >= 15 is 0 Å². The zero-order valence-corrected chi connectivity index (χ0v) is 21.4. The van der Waals surface area contributed by atoms with Crippen LogP contribution in [-0.2, 0) is 19.1 Å². The summed E-state index contributed by atoms with van der Waals surface area (Å²) in [7, 11) is 0. The number of nitrogens with one attached hydrogen (secondary N) is 2. The third-order valence-electron chi connectivity index (χ3n) is 5.50. The van der Waals surface area contributed by atoms with Gasteiger partial charge in [0.1, 0.15) is 23.0 Å². The summed E-state index contributed by atoms with van der Waals surface area (Å²) in [5.74, 6) is 1.24. The van der Waals surface area contributed by atoms with Crippen LogP contribution >= 0.6 is 0 Å². The molecule has 0 aromatic heterocycles. The maximum Gasteiger partial charge on any atom is 0.306 e. The summed E-state index contributed by atoms with van der Waals surface area (Å²) in [6, 6.07) is 30.8. The van der Waals surface area contributed by atoms with E-state index < -0.39 is 18.5 Å². The van der Waals surface area contributed by atoms with Gasteiger partial charge in [0.25, 0.3) is 5.91 Å². The molecule has 0 bridgehead atoms. The van der Waals surface area contributed by atoms with Crippen molar-refractivity contribution in [3.8, 4) is 23.0 Å². The molecular weight excluding hydrogens is 496 g/mol. The summed E-state index contributed by atoms with van der Waals surface area (Å²) in [5, 5.41) is 5.37. The van der Waals surface area contributed by atoms with Gasteiger partial charge in [0.2, 0.25) is 5.91 Å². The molecule has 0 aliphatic carbocycles. The zero-order chi connectivity index (χ0) is 27.5. The molecule has 39 heavy (non-hydrogen) atoms. The Hall–Kier alpha value is -5.11. The highest BCUT2D eigenvalue weighted by molar-refractivity contribution is 5.94. The van der Waals surface area contributed by atoms with Crippen LogP contribution in [0.4, 0.5) is 11.4 Å². The minimum absolute atomic E-state index is 0.0786. The smallest absolute Gasteiger partial charge is 0.306 e. The van der Waals surface area contributed by atoms with Crippen LogP contribution in [0.25, 0.3) is 0 Å². The average Bonchev–Trinajstić information content (AvgIpc) is 2.95. The molecule has 0 fully saturated rings. The van der Waals surface area contributed by atoms with E-state index in [2.05, 4.69) is 10.6 Å². The topological polar surface area (TPSA) is 103 Å². The Morgan fingerprint density at radius 1 is 0.590 bits per heavy atom. The fourth-order valence-corrected chi connectivity index (χ4v) is 3.49. The first-order valence-corrected chi connectivity index (χ1v) is 12.4. The van der Waals surface area contributed by atoms with Crippen LogP contribution in [-0.4, -0.2) is 24.4 Å². The first kappa shape index (κ1) is 26.9. The van der Waals surface area contributed by atoms with E-state index in [-0.39, 0.29) is 18.7 Å². The van der Waals surface area contributed by atoms with Crippen molar-refractivity contribution in [2.75, 3.05) is 17.2 Å². The molecular formula is C31H28N2O6. The van der Waals surface area contributed by atoms with Gasteiger partial charge >= 0.3 is 5.97 Å². The molecule has 0 saturated carbocycles. The van der Waals surface area contributed by atoms with Crippen LogP contribution in [0.5, 0.6) is 23.0 Å². The van der Waals surface area contributed by atoms with E-state index in [1.807, 2.05) is 61.5 Å². The number of ether oxygens (including phenoxy) is 3. The molecule has 4 aromatic carbocycles. The van der Waals surface area contributed by atoms with Gasteiger partial charge in [-0.3, -0.25) is 14.4 Å². The Bertz CT molecular complexity index is 1400. The predicted molar refractivity (Wildman–Crippen MR) is 148 cm³/mol. The molecule has 2 N–H and O–H groups in total. The van der Waals surface area contributed by atoms with Gasteiger partial charge < -0.3 is 24.8 Å². The molecule has 0 saturated heterocycles. The number of benzene rings is 4. The molecule has 198 valence electrons. The van der Waals surface area contributed by atoms with E-state index in [1.54, 1.807) is 48.5 Å². The monoisotopic (exact) mass is 524 g/mol. The largest absolute Gasteiger partial charge is 0.457 e. The lowest BCUT2D eigenvalue weighted by Crippen LogP contribution is -2.21. The maximum atomic E-state index is 12.2. The Morgan fingerprint density at radius 3 is 1.77 bits per heavy atom. The predicted octanol–water partition coefficient (Wildman–Crippen LogP) is 6.48. The van der Waals surface area contributed by atoms with Gasteiger partial charge in [0, 0.05) is 17.8 Å². The molecule has 0 unspecified atom stereocenters. The number of hydrogen-bond donors (Lipinski definition) is 2. The first-order chi connectivity index (χ1) is 18.9. The minimum atomic E-state index is -0.645. The number of carbonyl (C=O) groups is 3. The van der Waals surface area contributed by atoms with Crippen molar-refractivity contribution in [3.05, 3.63) is 109 Å². The number of rotatable bonds is 11. The van der Waals surface area contributed by atoms with Gasteiger partial charge in [-0.05, 0) is 79.2 Å². The zero-order valence-electron chi connectivity index (χ0n) is 21.4. The normalized spacial score (nSPS) is 10.3. The van der Waals surface area contributed by atoms with Crippen molar-refractivity contribution in [2.45, 2.75) is 19.8 Å². The third-order valence-corrected chi connectivity index (χ3v) is 5.50. The van der Waals surface area contributed by atoms with E-state index in [1.165, 1.54) is 0 Å². The van der Waals surface area contributed by atoms with E-state index in [9.17, 15) is 14.4 Å². The quantitative estimate of drug-likeness (QED) is 0.218. The van der Waals surface area contributed by atoms with Crippen molar-refractivity contribution < 1.29 is 28.6 Å². The first-order valence-electron chi connectivity index (χ1n) is 12.4. The number of esters is 1. The van der Waals surface area contributed by atoms with Crippen molar-refractivity contribution >= 4 is 29.2 Å². The molecule has 8 heteroatoms. The molecule has 4 aromatic rings. The minimum Gasteiger partial charge on any atom is -0.457 e. The van der Waals surface area contributed by atoms with Crippen LogP contribution in [0, 0.1) is 6.92 Å². The van der Waals surface area contributed by atoms with Crippen molar-refractivity contribution in [2.24, 2.45) is 0 Å². The van der Waals surface area contributed by atoms with Gasteiger partial charge in [-0.25, -0.2) is 0 Å². The Kier molecular flexibility index (Phi) is 9.28. The molecule has 0 heterocycles. The molecule has 2 amide bonds. The SMILES string of the molecule is Cc1ccccc1Oc1ccc(NC(=O)CCC(=O)OCC(=O)Nc2ccc(Oc3ccccc3)cc2)cc1. The highest BCUT2D eigenvalue weighted by Crippen LogP contribution is 2.26. The molecule has 0 spiro atoms. The van der Waals surface area contributed by atoms with Crippen LogP contribution in [0.15, 0.2) is 103 Å². The second kappa shape index (κ2) is 13.4. The lowest BCUT2D eigenvalue weighted by Gasteiger charge is -2.10. The fourth-order valence-electron chi connectivity index (χ4n) is 3.49. The van der Waals surface area contributed by atoms with Gasteiger partial charge in [0.15, 0.2) is 6.61 Å². The highest BCUT2D eigenvalue weighted by atomic mass is 16.5. The Morgan fingerprint density at radius 2 is 1.13 bits per heavy atom. The lowest BCUT2D eigenvalue weighted by molar-refractivity contribution is -0.147. The molecule has 0 aliphatic heterocycles. The number of carbonyl (C=O) groups excluding carboxylic acids is 3. The summed E-state index contributed by atoms with van der Waals surface area (Å²) >= 11 is 0. The standard InChI is InChI=1S/C31H28N2O6/c1-22-7-5-6-10-28(22)39-27-17-13-23(14-18-27)32-29(34)19-20-31(36)37-21-30(35)33-24-11-15-26(16-12-24)38-25-8-3-2-4-9-25/h2-18H,19-21H2,1H3,(H,32,34)(H,33,35). The number of hydrogen-bond acceptors (Lipinski definition) is 6. The lowest BCUT2D eigenvalue weighted by atomic mass is 10.2. The summed E-state index contributed by atoms with van der Waals surface area (Å²) < 4.78 is 16.5. The molecule has 8 nitrogen and oxygen atoms in total. The van der Waals surface area contributed by atoms with Crippen LogP contribution in [0.3, 0.4) is 0 Å². The van der Waals surface area contributed by atoms with Crippen LogP contribution in [0.1, 0.15) is 18.4 Å². The van der Waals surface area contributed by atoms with Gasteiger partial charge in [-0.1, -0.05) is 36.4 Å². The van der Waals surface area contributed by atoms with E-state index in [4.69, 9.17) is 14.2 Å². The fraction of sp³-hybridized carbons (Fsp3) is 0.129. The highest BCUT2D eigenvalue weighted by Gasteiger charge is 2.11. The summed E-state index contributed by atoms with van der Waals surface area (Å²) in [6.07, 6.45) is -0.232. The van der Waals surface area contributed by atoms with Gasteiger partial charge in [-0.2, -0.15) is 0 Å². The Labute approximate surface area is 226 Å². The van der Waals surface area contributed by atoms with Gasteiger partial charge in [-0.15, -0.1) is 0 Å². The molecule has 0 atom stereocenters. The summed E-state index contributed by atoms with van der Waals surface area (Å²) in [5.41, 5.74) is 2.12. The second-order valence-corrected chi connectivity index (χ2v) is 8.59. The molecule has 0 aliphatic rings. The van der Waals surface area contributed by atoms with E-state index in [0.29, 0.717) is 28.6 Å². The summed E-state index contributed by atoms with van der Waals surface area (Å²) in [4.78, 5) is 36.4. The number of amides is 2. The van der Waals surface area contributed by atoms with Crippen LogP contribution in [0.2, 0.25) is 0 Å². The summed E-state index contributed by atoms with van der Waals surface area (Å²) in [6.45, 7) is 1.51. The Balaban J connectivity index is 1.13. The number of aryl methyl sites for hydroxylation is 1. The molecule has 4 rings (SSSR count). The van der Waals surface area contributed by atoms with E-state index in [0.717, 1.165) is 11.3 Å². The van der Waals surface area contributed by atoms with Crippen molar-refractivity contribution in [3.63, 3.8) is 0 Å². The second-order valence-electron chi connectivity index (χ2n) is 8.59.